The Morgan fingerprint density at radius 2 is 1.30 bits per heavy atom. The first kappa shape index (κ1) is 13.5. The Hall–Kier alpha value is -1.50. The smallest absolute Gasteiger partial charge is 0.0966 e. The maximum atomic E-state index is 6.41. The van der Waals surface area contributed by atoms with Crippen LogP contribution in [-0.2, 0) is 0 Å². The van der Waals surface area contributed by atoms with Crippen molar-refractivity contribution in [1.29, 1.82) is 0 Å². The number of alkyl halides is 2. The van der Waals surface area contributed by atoms with Gasteiger partial charge in [-0.05, 0) is 28.3 Å². The molecule has 0 saturated heterocycles. The molecule has 2 aromatic rings. The summed E-state index contributed by atoms with van der Waals surface area (Å²) in [5, 5.41) is 0. The van der Waals surface area contributed by atoms with Gasteiger partial charge in [0.15, 0.2) is 0 Å². The van der Waals surface area contributed by atoms with Gasteiger partial charge in [-0.2, -0.15) is 0 Å². The summed E-state index contributed by atoms with van der Waals surface area (Å²) >= 11 is 12.8. The summed E-state index contributed by atoms with van der Waals surface area (Å²) in [5.41, 5.74) is 4.53. The highest BCUT2D eigenvalue weighted by molar-refractivity contribution is 6.51. The molecule has 2 aromatic carbocycles. The maximum absolute atomic E-state index is 6.41. The lowest BCUT2D eigenvalue weighted by atomic mass is 9.90. The summed E-state index contributed by atoms with van der Waals surface area (Å²) in [7, 11) is 0. The number of rotatable bonds is 2. The predicted octanol–water partition coefficient (Wildman–Crippen LogP) is 5.73. The van der Waals surface area contributed by atoms with Gasteiger partial charge in [0.05, 0.1) is 0 Å². The van der Waals surface area contributed by atoms with Crippen molar-refractivity contribution >= 4 is 34.3 Å². The van der Waals surface area contributed by atoms with E-state index in [0.29, 0.717) is 6.42 Å². The van der Waals surface area contributed by atoms with Crippen molar-refractivity contribution in [3.05, 3.63) is 83.9 Å². The van der Waals surface area contributed by atoms with E-state index in [1.165, 1.54) is 5.56 Å². The van der Waals surface area contributed by atoms with Gasteiger partial charge in [0, 0.05) is 6.42 Å². The zero-order chi connectivity index (χ0) is 14.0. The number of allylic oxidation sites excluding steroid dienone is 4. The van der Waals surface area contributed by atoms with Crippen LogP contribution in [-0.4, -0.2) is 4.33 Å². The lowest BCUT2D eigenvalue weighted by Crippen LogP contribution is -2.14. The van der Waals surface area contributed by atoms with E-state index in [1.54, 1.807) is 0 Å². The van der Waals surface area contributed by atoms with Crippen molar-refractivity contribution in [2.75, 3.05) is 0 Å². The van der Waals surface area contributed by atoms with Crippen LogP contribution in [0.25, 0.3) is 11.1 Å². The molecule has 0 aromatic heterocycles. The van der Waals surface area contributed by atoms with Crippen LogP contribution in [0.15, 0.2) is 72.8 Å². The minimum Gasteiger partial charge on any atom is -0.0966 e. The van der Waals surface area contributed by atoms with Gasteiger partial charge in [-0.15, -0.1) is 0 Å². The molecule has 0 fully saturated rings. The molecule has 1 aliphatic rings. The Morgan fingerprint density at radius 3 is 1.90 bits per heavy atom. The van der Waals surface area contributed by atoms with E-state index in [9.17, 15) is 0 Å². The average molecular weight is 301 g/mol. The second-order valence-electron chi connectivity index (χ2n) is 4.94. The first-order chi connectivity index (χ1) is 9.64. The Morgan fingerprint density at radius 1 is 0.750 bits per heavy atom. The van der Waals surface area contributed by atoms with Crippen molar-refractivity contribution in [3.63, 3.8) is 0 Å². The molecular weight excluding hydrogens is 287 g/mol. The molecule has 0 nitrogen and oxygen atoms in total. The lowest BCUT2D eigenvalue weighted by molar-refractivity contribution is 0.982. The molecule has 0 saturated carbocycles. The molecular formula is C18H14Cl2. The highest BCUT2D eigenvalue weighted by atomic mass is 35.5. The average Bonchev–Trinajstić information content (AvgIpc) is 2.47. The van der Waals surface area contributed by atoms with Gasteiger partial charge in [0.1, 0.15) is 4.33 Å². The minimum atomic E-state index is -0.856. The summed E-state index contributed by atoms with van der Waals surface area (Å²) in [6.45, 7) is 0. The lowest BCUT2D eigenvalue weighted by Gasteiger charge is -2.24. The van der Waals surface area contributed by atoms with Gasteiger partial charge < -0.3 is 0 Å². The number of benzene rings is 2. The monoisotopic (exact) mass is 300 g/mol. The molecule has 0 bridgehead atoms. The Balaban J connectivity index is 2.05. The van der Waals surface area contributed by atoms with Crippen molar-refractivity contribution in [2.45, 2.75) is 10.8 Å². The highest BCUT2D eigenvalue weighted by Gasteiger charge is 2.27. The second kappa shape index (κ2) is 5.47. The zero-order valence-corrected chi connectivity index (χ0v) is 12.4. The van der Waals surface area contributed by atoms with Crippen molar-refractivity contribution in [2.24, 2.45) is 0 Å². The maximum Gasteiger partial charge on any atom is 0.141 e. The summed E-state index contributed by atoms with van der Waals surface area (Å²) in [6, 6.07) is 20.4. The third kappa shape index (κ3) is 2.98. The van der Waals surface area contributed by atoms with Crippen molar-refractivity contribution in [1.82, 2.24) is 0 Å². The fraction of sp³-hybridized carbons (Fsp3) is 0.111. The number of hydrogen-bond donors (Lipinski definition) is 0. The fourth-order valence-corrected chi connectivity index (χ4v) is 2.97. The van der Waals surface area contributed by atoms with Crippen LogP contribution < -0.4 is 0 Å². The van der Waals surface area contributed by atoms with Crippen LogP contribution >= 0.6 is 23.2 Å². The van der Waals surface area contributed by atoms with Gasteiger partial charge >= 0.3 is 0 Å². The summed E-state index contributed by atoms with van der Waals surface area (Å²) < 4.78 is -0.856. The van der Waals surface area contributed by atoms with Crippen LogP contribution in [0, 0.1) is 0 Å². The number of hydrogen-bond acceptors (Lipinski definition) is 0. The van der Waals surface area contributed by atoms with Crippen LogP contribution in [0.3, 0.4) is 0 Å². The minimum absolute atomic E-state index is 0.621. The van der Waals surface area contributed by atoms with E-state index >= 15 is 0 Å². The normalized spacial score (nSPS) is 17.3. The zero-order valence-electron chi connectivity index (χ0n) is 10.9. The van der Waals surface area contributed by atoms with Gasteiger partial charge in [0.25, 0.3) is 0 Å². The fourth-order valence-electron chi connectivity index (χ4n) is 2.45. The van der Waals surface area contributed by atoms with Gasteiger partial charge in [-0.25, -0.2) is 0 Å². The first-order valence-electron chi connectivity index (χ1n) is 6.56. The van der Waals surface area contributed by atoms with Crippen molar-refractivity contribution < 1.29 is 0 Å². The van der Waals surface area contributed by atoms with E-state index < -0.39 is 4.33 Å². The van der Waals surface area contributed by atoms with E-state index in [2.05, 4.69) is 30.3 Å². The van der Waals surface area contributed by atoms with Crippen LogP contribution in [0.2, 0.25) is 0 Å². The van der Waals surface area contributed by atoms with E-state index in [-0.39, 0.29) is 0 Å². The molecule has 0 heterocycles. The molecule has 0 spiro atoms. The molecule has 0 N–H and O–H groups in total. The predicted molar refractivity (Wildman–Crippen MR) is 87.9 cm³/mol. The van der Waals surface area contributed by atoms with Gasteiger partial charge in [-0.1, -0.05) is 89.9 Å². The molecule has 2 heteroatoms. The van der Waals surface area contributed by atoms with Crippen LogP contribution in [0.5, 0.6) is 0 Å². The highest BCUT2D eigenvalue weighted by Crippen LogP contribution is 2.42. The molecule has 0 radical (unpaired) electrons. The third-order valence-electron chi connectivity index (χ3n) is 3.37. The van der Waals surface area contributed by atoms with Crippen LogP contribution in [0.4, 0.5) is 0 Å². The van der Waals surface area contributed by atoms with Gasteiger partial charge in [-0.3, -0.25) is 0 Å². The molecule has 1 aliphatic carbocycles. The summed E-state index contributed by atoms with van der Waals surface area (Å²) in [5.74, 6) is 0. The second-order valence-corrected chi connectivity index (χ2v) is 6.48. The molecule has 100 valence electrons. The summed E-state index contributed by atoms with van der Waals surface area (Å²) in [4.78, 5) is 0. The SMILES string of the molecule is ClC1(Cl)C=C(c2ccccc2)C=C(c2ccccc2)C1. The molecule has 0 amide bonds. The Kier molecular flexibility index (Phi) is 3.69. The number of halogens is 2. The Labute approximate surface area is 129 Å². The molecule has 3 rings (SSSR count). The van der Waals surface area contributed by atoms with E-state index in [4.69, 9.17) is 23.2 Å². The molecule has 20 heavy (non-hydrogen) atoms. The molecule has 0 atom stereocenters. The van der Waals surface area contributed by atoms with Crippen LogP contribution in [0.1, 0.15) is 17.5 Å². The quantitative estimate of drug-likeness (QED) is 0.621. The summed E-state index contributed by atoms with van der Waals surface area (Å²) in [6.07, 6.45) is 4.72. The van der Waals surface area contributed by atoms with Crippen molar-refractivity contribution in [3.8, 4) is 0 Å². The third-order valence-corrected chi connectivity index (χ3v) is 3.86. The van der Waals surface area contributed by atoms with E-state index in [1.807, 2.05) is 42.5 Å². The molecule has 0 unspecified atom stereocenters. The standard InChI is InChI=1S/C18H14Cl2/c19-18(20)12-16(14-7-3-1-4-8-14)11-17(13-18)15-9-5-2-6-10-15/h1-12H,13H2. The van der Waals surface area contributed by atoms with Gasteiger partial charge in [0.2, 0.25) is 0 Å². The topological polar surface area (TPSA) is 0 Å². The molecule has 0 aliphatic heterocycles. The first-order valence-corrected chi connectivity index (χ1v) is 7.32. The van der Waals surface area contributed by atoms with E-state index in [0.717, 1.165) is 16.7 Å². The largest absolute Gasteiger partial charge is 0.141 e. The Bertz CT molecular complexity index is 652.